The minimum Gasteiger partial charge on any atom is -0.434 e. The van der Waals surface area contributed by atoms with Crippen LogP contribution < -0.4 is 4.90 Å². The number of aromatic nitrogens is 2. The lowest BCUT2D eigenvalue weighted by Crippen LogP contribution is -2.10. The molecule has 0 aliphatic heterocycles. The highest BCUT2D eigenvalue weighted by Gasteiger charge is 2.20. The van der Waals surface area contributed by atoms with Crippen LogP contribution in [0.2, 0.25) is 0 Å². The quantitative estimate of drug-likeness (QED) is 0.179. The van der Waals surface area contributed by atoms with Crippen molar-refractivity contribution in [3.8, 4) is 28.3 Å². The first-order valence-electron chi connectivity index (χ1n) is 17.2. The smallest absolute Gasteiger partial charge is 0.227 e. The predicted octanol–water partition coefficient (Wildman–Crippen LogP) is 12.9. The van der Waals surface area contributed by atoms with Crippen LogP contribution in [0.25, 0.3) is 71.9 Å². The Balaban J connectivity index is 1.11. The van der Waals surface area contributed by atoms with Gasteiger partial charge in [-0.1, -0.05) is 115 Å². The molecule has 10 rings (SSSR count). The van der Waals surface area contributed by atoms with Gasteiger partial charge in [-0.15, -0.1) is 0 Å². The molecule has 0 amide bonds. The van der Waals surface area contributed by atoms with Crippen molar-refractivity contribution >= 4 is 60.7 Å². The number of hydrogen-bond acceptors (Lipinski definition) is 3. The summed E-state index contributed by atoms with van der Waals surface area (Å²) in [6, 6.07) is 66.2. The van der Waals surface area contributed by atoms with Gasteiger partial charge in [-0.05, 0) is 94.7 Å². The van der Waals surface area contributed by atoms with Gasteiger partial charge in [-0.25, -0.2) is 4.98 Å². The van der Waals surface area contributed by atoms with E-state index in [1.165, 1.54) is 32.6 Å². The monoisotopic (exact) mass is 653 g/mol. The first-order valence-corrected chi connectivity index (χ1v) is 17.2. The van der Waals surface area contributed by atoms with E-state index in [-0.39, 0.29) is 0 Å². The minimum atomic E-state index is 0.609. The van der Waals surface area contributed by atoms with Crippen molar-refractivity contribution in [1.29, 1.82) is 0 Å². The summed E-state index contributed by atoms with van der Waals surface area (Å²) in [4.78, 5) is 7.10. The maximum absolute atomic E-state index is 6.49. The van der Waals surface area contributed by atoms with Gasteiger partial charge in [-0.2, -0.15) is 0 Å². The second-order valence-corrected chi connectivity index (χ2v) is 12.8. The van der Waals surface area contributed by atoms with Gasteiger partial charge < -0.3 is 13.9 Å². The molecule has 0 aliphatic carbocycles. The zero-order chi connectivity index (χ0) is 33.7. The lowest BCUT2D eigenvalue weighted by Gasteiger charge is -2.25. The molecule has 0 atom stereocenters. The Morgan fingerprint density at radius 2 is 1.16 bits per heavy atom. The van der Waals surface area contributed by atoms with Crippen LogP contribution in [0.1, 0.15) is 0 Å². The standard InChI is InChI=1S/C47H31N3O/c1-4-14-34(15-5-1)47-48-41-21-12-22-43(46(41)51-47)49(36-16-6-2-7-17-36)38-27-23-32(24-28-38)35-25-29-40-44(31-35)50(37-18-8-3-9-19-37)42-30-26-33-13-10-11-20-39(33)45(40)42/h1-31H. The van der Waals surface area contributed by atoms with Gasteiger partial charge in [0.1, 0.15) is 5.52 Å². The number of para-hydroxylation sites is 3. The third-order valence-corrected chi connectivity index (χ3v) is 9.80. The summed E-state index contributed by atoms with van der Waals surface area (Å²) >= 11 is 0. The Morgan fingerprint density at radius 3 is 1.96 bits per heavy atom. The van der Waals surface area contributed by atoms with Gasteiger partial charge in [0.05, 0.1) is 16.7 Å². The first-order chi connectivity index (χ1) is 25.3. The number of benzene rings is 8. The summed E-state index contributed by atoms with van der Waals surface area (Å²) in [7, 11) is 0. The second-order valence-electron chi connectivity index (χ2n) is 12.8. The van der Waals surface area contributed by atoms with Gasteiger partial charge in [-0.3, -0.25) is 0 Å². The van der Waals surface area contributed by atoms with Crippen molar-refractivity contribution in [2.45, 2.75) is 0 Å². The number of nitrogens with zero attached hydrogens (tertiary/aromatic N) is 3. The summed E-state index contributed by atoms with van der Waals surface area (Å²) in [6.45, 7) is 0. The average Bonchev–Trinajstić information content (AvgIpc) is 3.80. The van der Waals surface area contributed by atoms with Crippen LogP contribution in [0.5, 0.6) is 0 Å². The fraction of sp³-hybridized carbons (Fsp3) is 0. The fourth-order valence-corrected chi connectivity index (χ4v) is 7.44. The largest absolute Gasteiger partial charge is 0.434 e. The Morgan fingerprint density at radius 1 is 0.471 bits per heavy atom. The van der Waals surface area contributed by atoms with Crippen LogP contribution in [0.3, 0.4) is 0 Å². The maximum atomic E-state index is 6.49. The highest BCUT2D eigenvalue weighted by Crippen LogP contribution is 2.42. The zero-order valence-electron chi connectivity index (χ0n) is 27.6. The van der Waals surface area contributed by atoms with E-state index >= 15 is 0 Å². The van der Waals surface area contributed by atoms with Gasteiger partial charge in [0.2, 0.25) is 5.89 Å². The molecule has 0 unspecified atom stereocenters. The van der Waals surface area contributed by atoms with Crippen LogP contribution in [-0.2, 0) is 0 Å². The molecule has 0 fully saturated rings. The number of hydrogen-bond donors (Lipinski definition) is 0. The van der Waals surface area contributed by atoms with Crippen LogP contribution in [0.4, 0.5) is 17.1 Å². The lowest BCUT2D eigenvalue weighted by molar-refractivity contribution is 0.620. The fourth-order valence-electron chi connectivity index (χ4n) is 7.44. The summed E-state index contributed by atoms with van der Waals surface area (Å²) in [5.41, 5.74) is 11.4. The van der Waals surface area contributed by atoms with Gasteiger partial charge in [0.15, 0.2) is 5.58 Å². The van der Waals surface area contributed by atoms with E-state index < -0.39 is 0 Å². The van der Waals surface area contributed by atoms with Crippen molar-refractivity contribution in [3.05, 3.63) is 188 Å². The third-order valence-electron chi connectivity index (χ3n) is 9.80. The normalized spacial score (nSPS) is 11.5. The molecule has 0 N–H and O–H groups in total. The molecule has 0 bridgehead atoms. The first kappa shape index (κ1) is 29.0. The van der Waals surface area contributed by atoms with Crippen LogP contribution in [-0.4, -0.2) is 9.55 Å². The van der Waals surface area contributed by atoms with E-state index in [0.29, 0.717) is 5.89 Å². The summed E-state index contributed by atoms with van der Waals surface area (Å²) in [6.07, 6.45) is 0. The molecule has 0 saturated heterocycles. The Hall–Kier alpha value is -6.91. The lowest BCUT2D eigenvalue weighted by atomic mass is 10.0. The number of anilines is 3. The summed E-state index contributed by atoms with van der Waals surface area (Å²) in [5.74, 6) is 0.609. The maximum Gasteiger partial charge on any atom is 0.227 e. The third kappa shape index (κ3) is 4.88. The molecule has 0 aliphatic rings. The van der Waals surface area contributed by atoms with Crippen molar-refractivity contribution in [2.75, 3.05) is 4.90 Å². The molecule has 2 heterocycles. The van der Waals surface area contributed by atoms with Crippen LogP contribution in [0.15, 0.2) is 192 Å². The van der Waals surface area contributed by atoms with Crippen LogP contribution in [0, 0.1) is 0 Å². The Kier molecular flexibility index (Phi) is 6.78. The van der Waals surface area contributed by atoms with E-state index in [0.717, 1.165) is 50.5 Å². The van der Waals surface area contributed by atoms with Crippen molar-refractivity contribution in [3.63, 3.8) is 0 Å². The second kappa shape index (κ2) is 11.9. The van der Waals surface area contributed by atoms with Crippen molar-refractivity contribution < 1.29 is 4.42 Å². The molecule has 0 spiro atoms. The number of rotatable bonds is 6. The molecule has 0 radical (unpaired) electrons. The predicted molar refractivity (Wildman–Crippen MR) is 211 cm³/mol. The molecule has 10 aromatic rings. The molecule has 4 nitrogen and oxygen atoms in total. The molecule has 8 aromatic carbocycles. The minimum absolute atomic E-state index is 0.609. The van der Waals surface area contributed by atoms with Gasteiger partial charge in [0.25, 0.3) is 0 Å². The van der Waals surface area contributed by atoms with Crippen molar-refractivity contribution in [2.24, 2.45) is 0 Å². The molecule has 0 saturated carbocycles. The highest BCUT2D eigenvalue weighted by molar-refractivity contribution is 6.21. The van der Waals surface area contributed by atoms with E-state index in [2.05, 4.69) is 149 Å². The molecule has 240 valence electrons. The number of oxazole rings is 1. The molecule has 2 aromatic heterocycles. The molecular weight excluding hydrogens is 623 g/mol. The van der Waals surface area contributed by atoms with Gasteiger partial charge >= 0.3 is 0 Å². The number of fused-ring (bicyclic) bond motifs is 6. The van der Waals surface area contributed by atoms with E-state index in [4.69, 9.17) is 9.40 Å². The van der Waals surface area contributed by atoms with Gasteiger partial charge in [0, 0.05) is 33.4 Å². The Labute approximate surface area is 295 Å². The van der Waals surface area contributed by atoms with E-state index in [1.54, 1.807) is 0 Å². The van der Waals surface area contributed by atoms with E-state index in [1.807, 2.05) is 48.5 Å². The zero-order valence-corrected chi connectivity index (χ0v) is 27.6. The molecule has 4 heteroatoms. The highest BCUT2D eigenvalue weighted by atomic mass is 16.3. The average molecular weight is 654 g/mol. The summed E-state index contributed by atoms with van der Waals surface area (Å²) < 4.78 is 8.88. The SMILES string of the molecule is c1ccc(-c2nc3cccc(N(c4ccccc4)c4ccc(-c5ccc6c7c8ccccc8ccc7n(-c7ccccc7)c6c5)cc4)c3o2)cc1. The van der Waals surface area contributed by atoms with Crippen molar-refractivity contribution in [1.82, 2.24) is 9.55 Å². The molecular formula is C47H31N3O. The summed E-state index contributed by atoms with van der Waals surface area (Å²) in [5, 5.41) is 5.04. The van der Waals surface area contributed by atoms with E-state index in [9.17, 15) is 0 Å². The Bertz CT molecular complexity index is 2840. The topological polar surface area (TPSA) is 34.2 Å². The van der Waals surface area contributed by atoms with Crippen LogP contribution >= 0.6 is 0 Å². The molecule has 51 heavy (non-hydrogen) atoms.